The van der Waals surface area contributed by atoms with Gasteiger partial charge in [-0.25, -0.2) is 0 Å². The standard InChI is InChI=1S/C3H5O2.C2H6.CO2.2CHO.CH3.2Ni/c1-2-3(4)5;1-2;2-1-3;2*1-2;;;/h1-2H2,(H,4,5);1-2H3;;2*1H;1H3;;/q-1;;;3*-1;2*+2/i;;;2*1D;;;. The van der Waals surface area contributed by atoms with E-state index in [9.17, 15) is 4.79 Å². The number of hydrogen-bond donors (Lipinski definition) is 1. The summed E-state index contributed by atoms with van der Waals surface area (Å²) in [5.74, 6) is -0.856. The fourth-order valence-corrected chi connectivity index (χ4v) is 0. The van der Waals surface area contributed by atoms with E-state index >= 15 is 0 Å². The number of carboxylic acids is 1. The maximum absolute atomic E-state index is 9.31. The van der Waals surface area contributed by atoms with Gasteiger partial charge in [0.15, 0.2) is 0 Å². The quantitative estimate of drug-likeness (QED) is 0.427. The summed E-state index contributed by atoms with van der Waals surface area (Å²) in [4.78, 5) is 42.2. The molecule has 1 N–H and O–H groups in total. The van der Waals surface area contributed by atoms with Crippen molar-refractivity contribution in [3.05, 3.63) is 14.4 Å². The van der Waals surface area contributed by atoms with Gasteiger partial charge in [0.25, 0.3) is 5.97 Å². The first-order valence-corrected chi connectivity index (χ1v) is 3.10. The van der Waals surface area contributed by atoms with E-state index in [2.05, 4.69) is 6.92 Å². The van der Waals surface area contributed by atoms with Gasteiger partial charge in [0.2, 0.25) is 0 Å². The fourth-order valence-electron chi connectivity index (χ4n) is 0. The Bertz CT molecular complexity index is 170. The van der Waals surface area contributed by atoms with Gasteiger partial charge in [0.05, 0.1) is 0 Å². The van der Waals surface area contributed by atoms with Gasteiger partial charge in [-0.05, 0) is 0 Å². The Balaban J connectivity index is -0.0000000132. The average molecular weight is 340 g/mol. The second kappa shape index (κ2) is 175. The van der Waals surface area contributed by atoms with Crippen molar-refractivity contribution in [2.75, 3.05) is 0 Å². The van der Waals surface area contributed by atoms with Crippen molar-refractivity contribution in [1.29, 1.82) is 0 Å². The van der Waals surface area contributed by atoms with Crippen LogP contribution >= 0.6 is 0 Å². The largest absolute Gasteiger partial charge is 2.00 e. The van der Waals surface area contributed by atoms with E-state index in [0.717, 1.165) is 13.5 Å². The van der Waals surface area contributed by atoms with Crippen LogP contribution in [0.5, 0.6) is 0 Å². The SMILES string of the molecule is CC.O=C=O.[2H][C-]=O.[2H][C-]=O.[CH2-]CC(=O)O.[CH3-].[Ni+2].[Ni+2]. The van der Waals surface area contributed by atoms with Gasteiger partial charge < -0.3 is 29.0 Å². The molecular weight excluding hydrogens is 321 g/mol. The van der Waals surface area contributed by atoms with Crippen molar-refractivity contribution in [2.45, 2.75) is 20.3 Å². The summed E-state index contributed by atoms with van der Waals surface area (Å²) in [6, 6.07) is 0. The van der Waals surface area contributed by atoms with Crippen LogP contribution in [0.1, 0.15) is 23.0 Å². The Morgan fingerprint density at radius 1 is 1.29 bits per heavy atom. The van der Waals surface area contributed by atoms with Gasteiger partial charge in [-0.3, -0.25) is 18.3 Å². The van der Waals surface area contributed by atoms with Gasteiger partial charge >= 0.3 is 39.1 Å². The maximum Gasteiger partial charge on any atom is 2.00 e. The van der Waals surface area contributed by atoms with Gasteiger partial charge in [0.1, 0.15) is 0 Å². The zero-order chi connectivity index (χ0) is 14.4. The molecule has 6 nitrogen and oxygen atoms in total. The molecule has 0 saturated heterocycles. The van der Waals surface area contributed by atoms with Gasteiger partial charge in [-0.2, -0.15) is 12.3 Å². The summed E-state index contributed by atoms with van der Waals surface area (Å²) < 4.78 is 10.8. The van der Waals surface area contributed by atoms with Crippen molar-refractivity contribution >= 4 is 25.7 Å². The Hall–Kier alpha value is -0.823. The predicted octanol–water partition coefficient (Wildman–Crippen LogP) is 0.635. The molecule has 0 atom stereocenters. The Morgan fingerprint density at radius 3 is 1.35 bits per heavy atom. The first-order chi connectivity index (χ1) is 7.51. The van der Waals surface area contributed by atoms with Crippen LogP contribution in [-0.4, -0.2) is 30.8 Å². The van der Waals surface area contributed by atoms with Crippen molar-refractivity contribution in [3.8, 4) is 0 Å². The number of carboxylic acid groups (broad SMARTS) is 1. The third-order valence-electron chi connectivity index (χ3n) is 0.214. The van der Waals surface area contributed by atoms with Crippen LogP contribution in [0, 0.1) is 14.4 Å². The molecule has 0 aromatic carbocycles. The molecule has 0 aromatic heterocycles. The second-order valence-electron chi connectivity index (χ2n) is 0.727. The van der Waals surface area contributed by atoms with E-state index < -0.39 is 5.97 Å². The molecule has 0 saturated carbocycles. The summed E-state index contributed by atoms with van der Waals surface area (Å²) in [5, 5.41) is 7.66. The summed E-state index contributed by atoms with van der Waals surface area (Å²) in [6.07, 6.45) is 0.222. The second-order valence-corrected chi connectivity index (χ2v) is 0.727. The molecule has 0 spiro atoms. The minimum Gasteiger partial charge on any atom is -0.545 e. The summed E-state index contributed by atoms with van der Waals surface area (Å²) in [7, 11) is 0. The van der Waals surface area contributed by atoms with E-state index in [0.29, 0.717) is 0 Å². The zero-order valence-electron chi connectivity index (χ0n) is 11.5. The number of carbonyl (C=O) groups excluding carboxylic acids is 4. The van der Waals surface area contributed by atoms with Crippen molar-refractivity contribution < 1.29 is 64.8 Å². The molecule has 8 heteroatoms. The summed E-state index contributed by atoms with van der Waals surface area (Å²) in [6.45, 7) is 8.59. The van der Waals surface area contributed by atoms with E-state index in [1.165, 1.54) is 0 Å². The predicted molar refractivity (Wildman–Crippen MR) is 53.9 cm³/mol. The molecular formula is C9H16Ni2O6. The summed E-state index contributed by atoms with van der Waals surface area (Å²) >= 11 is 0. The number of rotatable bonds is 1. The first kappa shape index (κ1) is 36.0. The van der Waals surface area contributed by atoms with Crippen LogP contribution in [0.3, 0.4) is 0 Å². The van der Waals surface area contributed by atoms with Gasteiger partial charge in [0, 0.05) is 0 Å². The molecule has 0 aliphatic rings. The van der Waals surface area contributed by atoms with Gasteiger partial charge in [-0.1, -0.05) is 20.3 Å². The number of aliphatic carboxylic acids is 1. The Morgan fingerprint density at radius 2 is 1.35 bits per heavy atom. The molecule has 17 heavy (non-hydrogen) atoms. The first-order valence-electron chi connectivity index (χ1n) is 4.10. The topological polar surface area (TPSA) is 106 Å². The molecule has 0 aliphatic heterocycles. The molecule has 0 bridgehead atoms. The molecule has 108 valence electrons. The fraction of sp³-hybridized carbons (Fsp3) is 0.333. The minimum absolute atomic E-state index is 0. The molecule has 0 aromatic rings. The van der Waals surface area contributed by atoms with Crippen LogP contribution in [0.4, 0.5) is 0 Å². The van der Waals surface area contributed by atoms with Crippen LogP contribution in [0.25, 0.3) is 0 Å². The monoisotopic (exact) mass is 338 g/mol. The van der Waals surface area contributed by atoms with Crippen LogP contribution < -0.4 is 0 Å². The smallest absolute Gasteiger partial charge is 0.545 e. The molecule has 0 aliphatic carbocycles. The molecule has 0 radical (unpaired) electrons. The molecule has 0 unspecified atom stereocenters. The van der Waals surface area contributed by atoms with Gasteiger partial charge in [-0.15, -0.1) is 0 Å². The zero-order valence-corrected chi connectivity index (χ0v) is 11.5. The van der Waals surface area contributed by atoms with Crippen molar-refractivity contribution in [2.24, 2.45) is 0 Å². The molecule has 0 rings (SSSR count). The number of hydrogen-bond acceptors (Lipinski definition) is 5. The minimum atomic E-state index is -0.856. The van der Waals surface area contributed by atoms with Crippen LogP contribution in [0.2, 0.25) is 0 Å². The maximum atomic E-state index is 9.31. The van der Waals surface area contributed by atoms with Crippen molar-refractivity contribution in [3.63, 3.8) is 0 Å². The van der Waals surface area contributed by atoms with E-state index in [-0.39, 0.29) is 53.0 Å². The van der Waals surface area contributed by atoms with E-state index in [1.54, 1.807) is 0 Å². The van der Waals surface area contributed by atoms with Crippen LogP contribution in [0.15, 0.2) is 0 Å². The Kier molecular flexibility index (Phi) is 370. The normalized spacial score (nSPS) is 4.65. The van der Waals surface area contributed by atoms with Crippen molar-refractivity contribution in [1.82, 2.24) is 0 Å². The summed E-state index contributed by atoms with van der Waals surface area (Å²) in [5.41, 5.74) is 0. The molecule has 0 fully saturated rings. The number of carbonyl (C=O) groups is 1. The van der Waals surface area contributed by atoms with E-state index in [4.69, 9.17) is 27.0 Å². The third-order valence-corrected chi connectivity index (χ3v) is 0.214. The van der Waals surface area contributed by atoms with Crippen LogP contribution in [-0.2, 0) is 57.0 Å². The average Bonchev–Trinajstić information content (AvgIpc) is 2.24. The Labute approximate surface area is 125 Å². The van der Waals surface area contributed by atoms with E-state index in [1.807, 2.05) is 13.8 Å². The third kappa shape index (κ3) is 1900. The molecule has 0 amide bonds. The molecule has 0 heterocycles.